The van der Waals surface area contributed by atoms with Crippen molar-refractivity contribution in [2.24, 2.45) is 11.0 Å². The number of nitrogens with two attached hydrogens (primary N) is 2. The molecule has 0 radical (unpaired) electrons. The summed E-state index contributed by atoms with van der Waals surface area (Å²) in [7, 11) is -7.87. The van der Waals surface area contributed by atoms with Crippen molar-refractivity contribution in [3.8, 4) is 0 Å². The summed E-state index contributed by atoms with van der Waals surface area (Å²) in [6, 6.07) is 0. The predicted molar refractivity (Wildman–Crippen MR) is 97.1 cm³/mol. The molecule has 7 N–H and O–H groups in total. The number of aliphatic hydroxyl groups is 1. The van der Waals surface area contributed by atoms with E-state index in [4.69, 9.17) is 29.8 Å². The van der Waals surface area contributed by atoms with Crippen molar-refractivity contribution in [1.82, 2.24) is 0 Å². The SMILES string of the molecule is NP(=O)(O)OC1(CCCCC(O)CCCCC2(OP(N)(=O)O)CC2)CC1. The summed E-state index contributed by atoms with van der Waals surface area (Å²) in [5.74, 6) is 0. The van der Waals surface area contributed by atoms with Crippen molar-refractivity contribution in [1.29, 1.82) is 0 Å². The van der Waals surface area contributed by atoms with Gasteiger partial charge in [0.1, 0.15) is 0 Å². The molecule has 2 aliphatic rings. The minimum Gasteiger partial charge on any atom is -0.393 e. The van der Waals surface area contributed by atoms with Gasteiger partial charge in [-0.15, -0.1) is 0 Å². The lowest BCUT2D eigenvalue weighted by Gasteiger charge is -2.19. The molecule has 2 saturated carbocycles. The zero-order chi connectivity index (χ0) is 19.5. The maximum absolute atomic E-state index is 11.1. The quantitative estimate of drug-likeness (QED) is 0.212. The number of hydrogen-bond donors (Lipinski definition) is 5. The van der Waals surface area contributed by atoms with E-state index in [0.29, 0.717) is 25.7 Å². The monoisotopic (exact) mass is 414 g/mol. The highest BCUT2D eigenvalue weighted by Gasteiger charge is 2.48. The molecule has 0 aromatic carbocycles. The number of aliphatic hydroxyl groups excluding tert-OH is 1. The fourth-order valence-electron chi connectivity index (χ4n) is 3.41. The highest BCUT2D eigenvalue weighted by molar-refractivity contribution is 7.50. The van der Waals surface area contributed by atoms with Crippen LogP contribution in [0.15, 0.2) is 0 Å². The van der Waals surface area contributed by atoms with Gasteiger partial charge >= 0.3 is 15.5 Å². The average Bonchev–Trinajstić information content (AvgIpc) is 3.37. The highest BCUT2D eigenvalue weighted by Crippen LogP contribution is 2.54. The molecule has 9 nitrogen and oxygen atoms in total. The van der Waals surface area contributed by atoms with Crippen LogP contribution >= 0.6 is 15.5 Å². The normalized spacial score (nSPS) is 25.9. The smallest absolute Gasteiger partial charge is 0.393 e. The molecule has 2 rings (SSSR count). The Kier molecular flexibility index (Phi) is 7.50. The van der Waals surface area contributed by atoms with E-state index in [0.717, 1.165) is 51.4 Å². The van der Waals surface area contributed by atoms with Crippen LogP contribution < -0.4 is 11.0 Å². The van der Waals surface area contributed by atoms with Gasteiger partial charge in [-0.25, -0.2) is 20.1 Å². The Morgan fingerprint density at radius 2 is 1.15 bits per heavy atom. The Morgan fingerprint density at radius 3 is 1.42 bits per heavy atom. The summed E-state index contributed by atoms with van der Waals surface area (Å²) in [6.07, 6.45) is 8.61. The van der Waals surface area contributed by atoms with E-state index in [-0.39, 0.29) is 6.10 Å². The van der Waals surface area contributed by atoms with E-state index >= 15 is 0 Å². The zero-order valence-electron chi connectivity index (χ0n) is 15.1. The third kappa shape index (κ3) is 8.91. The third-order valence-electron chi connectivity index (χ3n) is 5.10. The molecule has 2 unspecified atom stereocenters. The van der Waals surface area contributed by atoms with Crippen molar-refractivity contribution in [3.05, 3.63) is 0 Å². The van der Waals surface area contributed by atoms with E-state index in [2.05, 4.69) is 0 Å². The van der Waals surface area contributed by atoms with Crippen molar-refractivity contribution < 1.29 is 33.1 Å². The molecule has 0 aromatic heterocycles. The van der Waals surface area contributed by atoms with Crippen molar-refractivity contribution in [3.63, 3.8) is 0 Å². The van der Waals surface area contributed by atoms with E-state index in [1.165, 1.54) is 0 Å². The summed E-state index contributed by atoms with van der Waals surface area (Å²) >= 11 is 0. The van der Waals surface area contributed by atoms with Crippen LogP contribution in [0.25, 0.3) is 0 Å². The minimum atomic E-state index is -3.93. The molecule has 26 heavy (non-hydrogen) atoms. The number of rotatable bonds is 14. The largest absolute Gasteiger partial charge is 0.400 e. The van der Waals surface area contributed by atoms with Gasteiger partial charge in [-0.3, -0.25) is 9.05 Å². The second kappa shape index (κ2) is 8.68. The standard InChI is InChI=1S/C15H32N2O7P2/c16-25(19,20)23-14(9-10-14)7-3-1-5-13(18)6-2-4-8-15(11-12-15)24-26(17,21)22/h13,18H,1-12H2,(H3,16,19,20)(H3,17,21,22). The second-order valence-electron chi connectivity index (χ2n) is 7.82. The summed E-state index contributed by atoms with van der Waals surface area (Å²) in [6.45, 7) is 0. The van der Waals surface area contributed by atoms with Gasteiger partial charge in [0.25, 0.3) is 0 Å². The highest BCUT2D eigenvalue weighted by atomic mass is 31.2. The first-order valence-corrected chi connectivity index (χ1v) is 12.5. The van der Waals surface area contributed by atoms with Gasteiger partial charge in [0.2, 0.25) is 0 Å². The third-order valence-corrected chi connectivity index (χ3v) is 6.40. The Bertz CT molecular complexity index is 506. The molecule has 0 aromatic rings. The predicted octanol–water partition coefficient (Wildman–Crippen LogP) is 2.68. The van der Waals surface area contributed by atoms with Crippen LogP contribution in [-0.2, 0) is 18.2 Å². The van der Waals surface area contributed by atoms with Gasteiger partial charge in [0.05, 0.1) is 17.3 Å². The molecule has 0 bridgehead atoms. The summed E-state index contributed by atoms with van der Waals surface area (Å²) in [4.78, 5) is 18.2. The van der Waals surface area contributed by atoms with Gasteiger partial charge in [-0.05, 0) is 51.4 Å². The molecule has 2 aliphatic carbocycles. The van der Waals surface area contributed by atoms with Gasteiger partial charge < -0.3 is 14.9 Å². The van der Waals surface area contributed by atoms with Crippen molar-refractivity contribution >= 4 is 15.5 Å². The summed E-state index contributed by atoms with van der Waals surface area (Å²) < 4.78 is 32.4. The van der Waals surface area contributed by atoms with Crippen LogP contribution in [0.4, 0.5) is 0 Å². The fraction of sp³-hybridized carbons (Fsp3) is 1.00. The van der Waals surface area contributed by atoms with Crippen molar-refractivity contribution in [2.45, 2.75) is 94.4 Å². The molecular formula is C15H32N2O7P2. The Balaban J connectivity index is 1.50. The number of unbranched alkanes of at least 4 members (excludes halogenated alkanes) is 2. The first kappa shape index (κ1) is 22.5. The first-order valence-electron chi connectivity index (χ1n) is 9.25. The molecule has 2 fully saturated rings. The molecule has 0 aliphatic heterocycles. The molecule has 0 amide bonds. The van der Waals surface area contributed by atoms with Crippen LogP contribution in [0.2, 0.25) is 0 Å². The zero-order valence-corrected chi connectivity index (χ0v) is 16.9. The molecule has 154 valence electrons. The summed E-state index contributed by atoms with van der Waals surface area (Å²) in [5.41, 5.74) is 9.05. The van der Waals surface area contributed by atoms with Gasteiger partial charge in [0.15, 0.2) is 0 Å². The Labute approximate surface area is 154 Å². The lowest BCUT2D eigenvalue weighted by atomic mass is 10.0. The topological polar surface area (TPSA) is 165 Å². The van der Waals surface area contributed by atoms with Crippen LogP contribution in [0.3, 0.4) is 0 Å². The van der Waals surface area contributed by atoms with E-state index in [1.54, 1.807) is 0 Å². The first-order chi connectivity index (χ1) is 11.9. The van der Waals surface area contributed by atoms with Gasteiger partial charge in [-0.1, -0.05) is 25.7 Å². The van der Waals surface area contributed by atoms with E-state index in [1.807, 2.05) is 0 Å². The van der Waals surface area contributed by atoms with Crippen molar-refractivity contribution in [2.75, 3.05) is 0 Å². The van der Waals surface area contributed by atoms with Crippen LogP contribution in [-0.4, -0.2) is 32.2 Å². The molecule has 11 heteroatoms. The van der Waals surface area contributed by atoms with E-state index < -0.39 is 26.7 Å². The minimum absolute atomic E-state index is 0.390. The maximum atomic E-state index is 11.1. The van der Waals surface area contributed by atoms with E-state index in [9.17, 15) is 14.2 Å². The van der Waals surface area contributed by atoms with Gasteiger partial charge in [-0.2, -0.15) is 0 Å². The van der Waals surface area contributed by atoms with Crippen LogP contribution in [0.5, 0.6) is 0 Å². The van der Waals surface area contributed by atoms with Gasteiger partial charge in [0, 0.05) is 0 Å². The Morgan fingerprint density at radius 1 is 0.808 bits per heavy atom. The molecular weight excluding hydrogens is 382 g/mol. The number of hydrogen-bond acceptors (Lipinski definition) is 5. The molecule has 0 saturated heterocycles. The van der Waals surface area contributed by atoms with Crippen LogP contribution in [0, 0.1) is 0 Å². The molecule has 0 heterocycles. The van der Waals surface area contributed by atoms with Crippen LogP contribution in [0.1, 0.15) is 77.0 Å². The fourth-order valence-corrected chi connectivity index (χ4v) is 5.06. The summed E-state index contributed by atoms with van der Waals surface area (Å²) in [5, 5.41) is 10.0. The second-order valence-corrected chi connectivity index (χ2v) is 10.4. The average molecular weight is 414 g/mol. The Hall–Kier alpha value is 0.180. The maximum Gasteiger partial charge on any atom is 0.400 e. The lowest BCUT2D eigenvalue weighted by molar-refractivity contribution is 0.123. The molecule has 2 atom stereocenters. The molecule has 0 spiro atoms. The lowest BCUT2D eigenvalue weighted by Crippen LogP contribution is -2.16.